The fourth-order valence-electron chi connectivity index (χ4n) is 4.90. The molecule has 0 saturated carbocycles. The molecule has 6 heteroatoms. The van der Waals surface area contributed by atoms with Gasteiger partial charge in [0.1, 0.15) is 5.58 Å². The zero-order valence-corrected chi connectivity index (χ0v) is 21.2. The topological polar surface area (TPSA) is 69.8 Å². The Morgan fingerprint density at radius 1 is 1.11 bits per heavy atom. The second-order valence-corrected chi connectivity index (χ2v) is 10.2. The van der Waals surface area contributed by atoms with Crippen LogP contribution < -0.4 is 0 Å². The van der Waals surface area contributed by atoms with E-state index in [0.29, 0.717) is 30.7 Å². The maximum absolute atomic E-state index is 13.1. The van der Waals surface area contributed by atoms with Crippen LogP contribution in [0.25, 0.3) is 21.9 Å². The first-order valence-electron chi connectivity index (χ1n) is 12.5. The van der Waals surface area contributed by atoms with Gasteiger partial charge in [0.15, 0.2) is 5.76 Å². The number of amides is 1. The van der Waals surface area contributed by atoms with Crippen LogP contribution in [0.2, 0.25) is 0 Å². The number of aromatic nitrogens is 1. The van der Waals surface area contributed by atoms with Gasteiger partial charge in [-0.3, -0.25) is 14.7 Å². The molecular formula is C30H33N3O3. The van der Waals surface area contributed by atoms with Crippen molar-refractivity contribution >= 4 is 27.8 Å². The van der Waals surface area contributed by atoms with Crippen LogP contribution in [0.5, 0.6) is 0 Å². The van der Waals surface area contributed by atoms with Crippen molar-refractivity contribution in [1.29, 1.82) is 0 Å². The van der Waals surface area contributed by atoms with Gasteiger partial charge in [-0.15, -0.1) is 0 Å². The van der Waals surface area contributed by atoms with E-state index >= 15 is 0 Å². The van der Waals surface area contributed by atoms with E-state index in [-0.39, 0.29) is 5.91 Å². The normalized spacial score (nSPS) is 15.8. The second-order valence-electron chi connectivity index (χ2n) is 10.2. The smallest absolute Gasteiger partial charge is 0.289 e. The minimum Gasteiger partial charge on any atom is -0.451 e. The molecule has 2 aromatic carbocycles. The van der Waals surface area contributed by atoms with Crippen LogP contribution in [0.1, 0.15) is 48.4 Å². The fraction of sp³-hybridized carbons (Fsp3) is 0.333. The van der Waals surface area contributed by atoms with E-state index in [0.717, 1.165) is 47.1 Å². The molecule has 0 atom stereocenters. The molecule has 0 spiro atoms. The third kappa shape index (κ3) is 5.06. The van der Waals surface area contributed by atoms with Gasteiger partial charge in [0.25, 0.3) is 5.91 Å². The Labute approximate surface area is 211 Å². The average Bonchev–Trinajstić information content (AvgIpc) is 3.31. The molecule has 0 radical (unpaired) electrons. The van der Waals surface area contributed by atoms with Crippen LogP contribution in [0.15, 0.2) is 76.9 Å². The number of hydrogen-bond acceptors (Lipinski definition) is 5. The highest BCUT2D eigenvalue weighted by Gasteiger charge is 2.34. The number of allylic oxidation sites excluding steroid dienone is 1. The summed E-state index contributed by atoms with van der Waals surface area (Å²) < 4.78 is 5.91. The molecule has 186 valence electrons. The van der Waals surface area contributed by atoms with Gasteiger partial charge in [0, 0.05) is 50.2 Å². The van der Waals surface area contributed by atoms with Crippen LogP contribution in [0, 0.1) is 0 Å². The largest absolute Gasteiger partial charge is 0.451 e. The second kappa shape index (κ2) is 9.88. The van der Waals surface area contributed by atoms with Crippen LogP contribution in [0.4, 0.5) is 0 Å². The van der Waals surface area contributed by atoms with E-state index in [4.69, 9.17) is 4.42 Å². The van der Waals surface area contributed by atoms with Gasteiger partial charge in [0.2, 0.25) is 0 Å². The number of aliphatic hydroxyl groups is 1. The summed E-state index contributed by atoms with van der Waals surface area (Å²) in [5.41, 5.74) is 3.95. The van der Waals surface area contributed by atoms with Crippen molar-refractivity contribution in [2.24, 2.45) is 0 Å². The number of furan rings is 1. The number of rotatable bonds is 6. The minimum atomic E-state index is -0.862. The van der Waals surface area contributed by atoms with Crippen molar-refractivity contribution in [3.8, 4) is 0 Å². The van der Waals surface area contributed by atoms with E-state index in [1.54, 1.807) is 24.2 Å². The zero-order chi connectivity index (χ0) is 25.3. The first-order chi connectivity index (χ1) is 17.3. The number of carbonyl (C=O) groups excluding carboxylic acids is 1. The summed E-state index contributed by atoms with van der Waals surface area (Å²) in [5.74, 6) is 0.126. The molecule has 1 aliphatic heterocycles. The molecule has 1 aliphatic rings. The third-order valence-electron chi connectivity index (χ3n) is 7.14. The van der Waals surface area contributed by atoms with Crippen molar-refractivity contribution in [2.75, 3.05) is 26.7 Å². The molecular weight excluding hydrogens is 450 g/mol. The fourth-order valence-corrected chi connectivity index (χ4v) is 4.90. The van der Waals surface area contributed by atoms with Crippen LogP contribution >= 0.6 is 0 Å². The average molecular weight is 484 g/mol. The van der Waals surface area contributed by atoms with E-state index in [9.17, 15) is 9.90 Å². The number of pyridine rings is 1. The Bertz CT molecular complexity index is 1430. The number of nitrogens with zero attached hydrogens (tertiary/aromatic N) is 3. The van der Waals surface area contributed by atoms with Gasteiger partial charge in [-0.2, -0.15) is 0 Å². The summed E-state index contributed by atoms with van der Waals surface area (Å²) in [6.45, 7) is 7.31. The Morgan fingerprint density at radius 3 is 2.69 bits per heavy atom. The lowest BCUT2D eigenvalue weighted by Gasteiger charge is -2.38. The number of piperidine rings is 1. The highest BCUT2D eigenvalue weighted by molar-refractivity contribution is 5.96. The van der Waals surface area contributed by atoms with E-state index in [1.807, 2.05) is 42.5 Å². The molecule has 0 bridgehead atoms. The number of fused-ring (bicyclic) bond motifs is 2. The van der Waals surface area contributed by atoms with Crippen LogP contribution in [0.3, 0.4) is 0 Å². The molecule has 5 rings (SSSR count). The molecule has 1 N–H and O–H groups in total. The highest BCUT2D eigenvalue weighted by Crippen LogP contribution is 2.35. The maximum atomic E-state index is 13.1. The Morgan fingerprint density at radius 2 is 1.92 bits per heavy atom. The summed E-state index contributed by atoms with van der Waals surface area (Å²) >= 11 is 0. The van der Waals surface area contributed by atoms with Crippen molar-refractivity contribution in [3.05, 3.63) is 89.3 Å². The van der Waals surface area contributed by atoms with Gasteiger partial charge >= 0.3 is 0 Å². The lowest BCUT2D eigenvalue weighted by atomic mass is 9.84. The first-order valence-corrected chi connectivity index (χ1v) is 12.5. The summed E-state index contributed by atoms with van der Waals surface area (Å²) in [4.78, 5) is 21.5. The molecule has 1 amide bonds. The van der Waals surface area contributed by atoms with Crippen molar-refractivity contribution in [3.63, 3.8) is 0 Å². The molecule has 3 heterocycles. The zero-order valence-electron chi connectivity index (χ0n) is 21.2. The molecule has 0 aliphatic carbocycles. The summed E-state index contributed by atoms with van der Waals surface area (Å²) in [6, 6.07) is 17.5. The third-order valence-corrected chi connectivity index (χ3v) is 7.14. The summed E-state index contributed by atoms with van der Waals surface area (Å²) in [7, 11) is 1.78. The standard InChI is InChI=1S/C30H33N3O3/c1-21(2)10-14-33-15-11-30(35,12-16-33)25-7-9-27-24(18-25)19-28(36-27)29(34)32(3)20-22-6-8-26-23(17-22)5-4-13-31-26/h4-10,13,17-19,35H,11-12,14-16,20H2,1-3H3. The van der Waals surface area contributed by atoms with Crippen molar-refractivity contribution in [1.82, 2.24) is 14.8 Å². The molecule has 36 heavy (non-hydrogen) atoms. The van der Waals surface area contributed by atoms with Crippen LogP contribution in [-0.4, -0.2) is 52.5 Å². The summed E-state index contributed by atoms with van der Waals surface area (Å²) in [5, 5.41) is 13.3. The predicted octanol–water partition coefficient (Wildman–Crippen LogP) is 5.50. The van der Waals surface area contributed by atoms with Gasteiger partial charge in [0.05, 0.1) is 11.1 Å². The quantitative estimate of drug-likeness (QED) is 0.367. The monoisotopic (exact) mass is 483 g/mol. The Balaban J connectivity index is 1.29. The van der Waals surface area contributed by atoms with E-state index in [1.165, 1.54) is 5.57 Å². The van der Waals surface area contributed by atoms with E-state index in [2.05, 4.69) is 35.9 Å². The molecule has 1 saturated heterocycles. The lowest BCUT2D eigenvalue weighted by Crippen LogP contribution is -2.42. The molecule has 0 unspecified atom stereocenters. The molecule has 6 nitrogen and oxygen atoms in total. The van der Waals surface area contributed by atoms with Gasteiger partial charge in [-0.25, -0.2) is 0 Å². The highest BCUT2D eigenvalue weighted by atomic mass is 16.3. The van der Waals surface area contributed by atoms with Crippen LogP contribution in [-0.2, 0) is 12.1 Å². The summed E-state index contributed by atoms with van der Waals surface area (Å²) in [6.07, 6.45) is 5.37. The molecule has 4 aromatic rings. The number of likely N-dealkylation sites (tertiary alicyclic amines) is 1. The Kier molecular flexibility index (Phi) is 6.65. The lowest BCUT2D eigenvalue weighted by molar-refractivity contribution is -0.0233. The minimum absolute atomic E-state index is 0.176. The van der Waals surface area contributed by atoms with Gasteiger partial charge in [-0.05, 0) is 74.2 Å². The van der Waals surface area contributed by atoms with Gasteiger partial charge in [-0.1, -0.05) is 29.8 Å². The van der Waals surface area contributed by atoms with Gasteiger partial charge < -0.3 is 14.4 Å². The van der Waals surface area contributed by atoms with Crippen molar-refractivity contribution < 1.29 is 14.3 Å². The van der Waals surface area contributed by atoms with E-state index < -0.39 is 5.60 Å². The number of carbonyl (C=O) groups is 1. The Hall–Kier alpha value is -3.48. The van der Waals surface area contributed by atoms with Crippen molar-refractivity contribution in [2.45, 2.75) is 38.8 Å². The number of benzene rings is 2. The SMILES string of the molecule is CC(C)=CCN1CCC(O)(c2ccc3oc(C(=O)N(C)Cc4ccc5ncccc5c4)cc3c2)CC1. The predicted molar refractivity (Wildman–Crippen MR) is 143 cm³/mol. The number of hydrogen-bond donors (Lipinski definition) is 1. The molecule has 1 fully saturated rings. The first kappa shape index (κ1) is 24.2. The maximum Gasteiger partial charge on any atom is 0.289 e. The molecule has 2 aromatic heterocycles.